The smallest absolute Gasteiger partial charge is 0.0727 e. The van der Waals surface area contributed by atoms with Crippen LogP contribution in [0.15, 0.2) is 0 Å². The summed E-state index contributed by atoms with van der Waals surface area (Å²) in [5, 5.41) is 0.472. The summed E-state index contributed by atoms with van der Waals surface area (Å²) < 4.78 is 0. The van der Waals surface area contributed by atoms with Gasteiger partial charge >= 0.3 is 0 Å². The van der Waals surface area contributed by atoms with E-state index in [0.717, 1.165) is 19.3 Å². The van der Waals surface area contributed by atoms with E-state index in [2.05, 4.69) is 19.6 Å². The fourth-order valence-electron chi connectivity index (χ4n) is 0.572. The van der Waals surface area contributed by atoms with E-state index >= 15 is 0 Å². The van der Waals surface area contributed by atoms with Crippen molar-refractivity contribution in [2.45, 2.75) is 31.4 Å². The largest absolute Gasteiger partial charge is 0.393 e. The number of hydrogen-bond donors (Lipinski definition) is 2. The molecule has 0 saturated heterocycles. The van der Waals surface area contributed by atoms with E-state index in [1.54, 1.807) is 0 Å². The van der Waals surface area contributed by atoms with E-state index in [9.17, 15) is 0 Å². The van der Waals surface area contributed by atoms with Crippen LogP contribution in [0.4, 0.5) is 0 Å². The average Bonchev–Trinajstić information content (AvgIpc) is 1.63. The Morgan fingerprint density at radius 2 is 2.33 bits per heavy atom. The molecule has 1 unspecified atom stereocenters. The Balaban J connectivity index is 3.01. The third-order valence-electron chi connectivity index (χ3n) is 1.05. The molecular formula is C6H13NS2. The van der Waals surface area contributed by atoms with Gasteiger partial charge in [0, 0.05) is 0 Å². The molecule has 0 amide bonds. The first-order chi connectivity index (χ1) is 4.13. The Kier molecular flexibility index (Phi) is 5.19. The number of nitrogens with two attached hydrogens (primary N) is 1. The molecule has 0 heterocycles. The Hall–Kier alpha value is 0.240. The quantitative estimate of drug-likeness (QED) is 0.488. The summed E-state index contributed by atoms with van der Waals surface area (Å²) in [6.45, 7) is 2.07. The first-order valence-corrected chi connectivity index (χ1v) is 4.01. The van der Waals surface area contributed by atoms with Gasteiger partial charge in [0.05, 0.1) is 4.99 Å². The Labute approximate surface area is 67.4 Å². The van der Waals surface area contributed by atoms with E-state index in [4.69, 9.17) is 18.0 Å². The molecule has 1 atom stereocenters. The second-order valence-electron chi connectivity index (χ2n) is 2.21. The number of rotatable bonds is 4. The van der Waals surface area contributed by atoms with E-state index in [-0.39, 0.29) is 0 Å². The van der Waals surface area contributed by atoms with Crippen LogP contribution in [-0.2, 0) is 0 Å². The molecule has 0 aromatic carbocycles. The Bertz CT molecular complexity index is 91.1. The van der Waals surface area contributed by atoms with Crippen LogP contribution in [0.1, 0.15) is 26.2 Å². The van der Waals surface area contributed by atoms with Gasteiger partial charge in [-0.15, -0.1) is 0 Å². The van der Waals surface area contributed by atoms with Crippen molar-refractivity contribution in [3.63, 3.8) is 0 Å². The van der Waals surface area contributed by atoms with Crippen molar-refractivity contribution in [1.29, 1.82) is 0 Å². The normalized spacial score (nSPS) is 13.1. The SMILES string of the molecule is CC(S)CCCC(N)=S. The van der Waals surface area contributed by atoms with Crippen molar-refractivity contribution in [3.05, 3.63) is 0 Å². The van der Waals surface area contributed by atoms with E-state index in [1.165, 1.54) is 0 Å². The molecule has 0 aliphatic carbocycles. The fourth-order valence-corrected chi connectivity index (χ4v) is 0.899. The molecule has 3 heteroatoms. The van der Waals surface area contributed by atoms with Gasteiger partial charge in [-0.1, -0.05) is 19.1 Å². The van der Waals surface area contributed by atoms with Crippen LogP contribution in [0.5, 0.6) is 0 Å². The van der Waals surface area contributed by atoms with Crippen molar-refractivity contribution in [1.82, 2.24) is 0 Å². The summed E-state index contributed by atoms with van der Waals surface area (Å²) in [4.78, 5) is 0.615. The summed E-state index contributed by atoms with van der Waals surface area (Å²) in [5.41, 5.74) is 5.29. The molecule has 0 rings (SSSR count). The highest BCUT2D eigenvalue weighted by atomic mass is 32.1. The van der Waals surface area contributed by atoms with Crippen molar-refractivity contribution >= 4 is 29.8 Å². The van der Waals surface area contributed by atoms with E-state index < -0.39 is 0 Å². The fraction of sp³-hybridized carbons (Fsp3) is 0.833. The lowest BCUT2D eigenvalue weighted by Crippen LogP contribution is -2.07. The van der Waals surface area contributed by atoms with E-state index in [1.807, 2.05) is 0 Å². The van der Waals surface area contributed by atoms with Crippen LogP contribution in [0.2, 0.25) is 0 Å². The predicted octanol–water partition coefficient (Wildman–Crippen LogP) is 1.76. The first-order valence-electron chi connectivity index (χ1n) is 3.09. The monoisotopic (exact) mass is 163 g/mol. The summed E-state index contributed by atoms with van der Waals surface area (Å²) in [6, 6.07) is 0. The Morgan fingerprint density at radius 3 is 2.67 bits per heavy atom. The predicted molar refractivity (Wildman–Crippen MR) is 49.1 cm³/mol. The van der Waals surface area contributed by atoms with Crippen LogP contribution in [0, 0.1) is 0 Å². The molecule has 0 aliphatic heterocycles. The van der Waals surface area contributed by atoms with Gasteiger partial charge in [0.25, 0.3) is 0 Å². The van der Waals surface area contributed by atoms with Crippen molar-refractivity contribution in [2.75, 3.05) is 0 Å². The minimum absolute atomic E-state index is 0.472. The summed E-state index contributed by atoms with van der Waals surface area (Å²) in [6.07, 6.45) is 3.03. The molecule has 2 N–H and O–H groups in total. The molecular weight excluding hydrogens is 150 g/mol. The van der Waals surface area contributed by atoms with Gasteiger partial charge in [-0.25, -0.2) is 0 Å². The number of thiol groups is 1. The topological polar surface area (TPSA) is 26.0 Å². The molecule has 0 bridgehead atoms. The van der Waals surface area contributed by atoms with Gasteiger partial charge in [0.1, 0.15) is 0 Å². The number of thiocarbonyl (C=S) groups is 1. The molecule has 0 radical (unpaired) electrons. The zero-order valence-electron chi connectivity index (χ0n) is 5.63. The van der Waals surface area contributed by atoms with Crippen LogP contribution in [0.25, 0.3) is 0 Å². The standard InChI is InChI=1S/C6H13NS2/c1-5(8)3-2-4-6(7)9/h5,8H,2-4H2,1H3,(H2,7,9). The third kappa shape index (κ3) is 8.24. The van der Waals surface area contributed by atoms with Crippen LogP contribution >= 0.6 is 24.8 Å². The summed E-state index contributed by atoms with van der Waals surface area (Å²) in [5.74, 6) is 0. The van der Waals surface area contributed by atoms with Crippen molar-refractivity contribution in [2.24, 2.45) is 5.73 Å². The summed E-state index contributed by atoms with van der Waals surface area (Å²) >= 11 is 8.92. The molecule has 0 aromatic heterocycles. The maximum Gasteiger partial charge on any atom is 0.0727 e. The lowest BCUT2D eigenvalue weighted by Gasteiger charge is -2.00. The number of hydrogen-bond acceptors (Lipinski definition) is 2. The third-order valence-corrected chi connectivity index (χ3v) is 1.51. The summed E-state index contributed by atoms with van der Waals surface area (Å²) in [7, 11) is 0. The maximum atomic E-state index is 5.29. The molecule has 0 spiro atoms. The molecule has 54 valence electrons. The zero-order chi connectivity index (χ0) is 7.28. The molecule has 9 heavy (non-hydrogen) atoms. The van der Waals surface area contributed by atoms with Gasteiger partial charge < -0.3 is 5.73 Å². The second-order valence-corrected chi connectivity index (χ2v) is 3.61. The zero-order valence-corrected chi connectivity index (χ0v) is 7.34. The highest BCUT2D eigenvalue weighted by Crippen LogP contribution is 2.04. The van der Waals surface area contributed by atoms with Gasteiger partial charge in [-0.2, -0.15) is 12.6 Å². The van der Waals surface area contributed by atoms with Crippen molar-refractivity contribution < 1.29 is 0 Å². The minimum Gasteiger partial charge on any atom is -0.393 e. The highest BCUT2D eigenvalue weighted by molar-refractivity contribution is 7.81. The van der Waals surface area contributed by atoms with Gasteiger partial charge in [0.2, 0.25) is 0 Å². The van der Waals surface area contributed by atoms with Gasteiger partial charge in [0.15, 0.2) is 0 Å². The molecule has 0 aromatic rings. The lowest BCUT2D eigenvalue weighted by molar-refractivity contribution is 0.760. The lowest BCUT2D eigenvalue weighted by atomic mass is 10.2. The van der Waals surface area contributed by atoms with E-state index in [0.29, 0.717) is 10.2 Å². The highest BCUT2D eigenvalue weighted by Gasteiger charge is 1.94. The molecule has 0 aliphatic rings. The van der Waals surface area contributed by atoms with Crippen LogP contribution < -0.4 is 5.73 Å². The van der Waals surface area contributed by atoms with Gasteiger partial charge in [-0.3, -0.25) is 0 Å². The van der Waals surface area contributed by atoms with Crippen LogP contribution in [0.3, 0.4) is 0 Å². The second kappa shape index (κ2) is 5.06. The maximum absolute atomic E-state index is 5.29. The van der Waals surface area contributed by atoms with Crippen molar-refractivity contribution in [3.8, 4) is 0 Å². The molecule has 1 nitrogen and oxygen atoms in total. The average molecular weight is 163 g/mol. The molecule has 0 fully saturated rings. The van der Waals surface area contributed by atoms with Crippen LogP contribution in [-0.4, -0.2) is 10.2 Å². The molecule has 0 saturated carbocycles. The first kappa shape index (κ1) is 9.24. The minimum atomic E-state index is 0.472. The Morgan fingerprint density at radius 1 is 1.78 bits per heavy atom. The van der Waals surface area contributed by atoms with Gasteiger partial charge in [-0.05, 0) is 24.5 Å².